The summed E-state index contributed by atoms with van der Waals surface area (Å²) >= 11 is 0. The van der Waals surface area contributed by atoms with E-state index >= 15 is 0 Å². The van der Waals surface area contributed by atoms with Crippen molar-refractivity contribution in [3.05, 3.63) is 84.8 Å². The highest BCUT2D eigenvalue weighted by atomic mass is 19.1. The number of aromatic nitrogens is 5. The molecule has 0 aliphatic carbocycles. The number of rotatable bonds is 5. The van der Waals surface area contributed by atoms with Crippen LogP contribution in [0.4, 0.5) is 4.39 Å². The molecule has 0 amide bonds. The van der Waals surface area contributed by atoms with Gasteiger partial charge in [0, 0.05) is 17.3 Å². The fourth-order valence-electron chi connectivity index (χ4n) is 2.89. The number of ether oxygens (including phenoxy) is 1. The van der Waals surface area contributed by atoms with Gasteiger partial charge in [-0.25, -0.2) is 13.9 Å². The molecule has 5 rings (SSSR count). The predicted molar refractivity (Wildman–Crippen MR) is 102 cm³/mol. The predicted octanol–water partition coefficient (Wildman–Crippen LogP) is 4.16. The van der Waals surface area contributed by atoms with Crippen molar-refractivity contribution in [3.63, 3.8) is 0 Å². The van der Waals surface area contributed by atoms with Gasteiger partial charge in [0.15, 0.2) is 12.3 Å². The molecule has 2 aromatic carbocycles. The molecular weight excluding hydrogens is 373 g/mol. The molecule has 0 saturated heterocycles. The second-order valence-electron chi connectivity index (χ2n) is 6.29. The van der Waals surface area contributed by atoms with E-state index in [1.807, 2.05) is 42.6 Å². The summed E-state index contributed by atoms with van der Waals surface area (Å²) in [5, 5.41) is 8.27. The van der Waals surface area contributed by atoms with E-state index < -0.39 is 0 Å². The van der Waals surface area contributed by atoms with Gasteiger partial charge in [0.25, 0.3) is 5.89 Å². The average molecular weight is 387 g/mol. The monoisotopic (exact) mass is 387 g/mol. The summed E-state index contributed by atoms with van der Waals surface area (Å²) in [6.07, 6.45) is 3.58. The van der Waals surface area contributed by atoms with Crippen molar-refractivity contribution in [2.45, 2.75) is 6.61 Å². The lowest BCUT2D eigenvalue weighted by molar-refractivity contribution is 0.242. The standard InChI is InChI=1S/C21H14FN5O2/c22-16-6-8-17(9-7-16)28-13-20-25-21(26-29-20)15-4-1-3-14(11-15)18-12-27-19(24-18)5-2-10-23-27/h1-12H,13H2. The lowest BCUT2D eigenvalue weighted by atomic mass is 10.1. The van der Waals surface area contributed by atoms with E-state index in [1.165, 1.54) is 12.1 Å². The molecule has 0 spiro atoms. The van der Waals surface area contributed by atoms with Gasteiger partial charge in [-0.05, 0) is 42.5 Å². The molecule has 0 aliphatic rings. The molecule has 5 aromatic rings. The molecule has 142 valence electrons. The number of nitrogens with zero attached hydrogens (tertiary/aromatic N) is 5. The van der Waals surface area contributed by atoms with Gasteiger partial charge in [-0.3, -0.25) is 0 Å². The summed E-state index contributed by atoms with van der Waals surface area (Å²) in [5.41, 5.74) is 3.29. The van der Waals surface area contributed by atoms with Crippen molar-refractivity contribution in [1.29, 1.82) is 0 Å². The van der Waals surface area contributed by atoms with Crippen LogP contribution in [-0.2, 0) is 6.61 Å². The molecule has 0 N–H and O–H groups in total. The van der Waals surface area contributed by atoms with Crippen molar-refractivity contribution in [2.75, 3.05) is 0 Å². The Hall–Kier alpha value is -4.07. The summed E-state index contributed by atoms with van der Waals surface area (Å²) < 4.78 is 25.5. The van der Waals surface area contributed by atoms with E-state index in [9.17, 15) is 4.39 Å². The molecule has 0 unspecified atom stereocenters. The maximum Gasteiger partial charge on any atom is 0.264 e. The molecule has 0 radical (unpaired) electrons. The Morgan fingerprint density at radius 3 is 2.69 bits per heavy atom. The Labute approximate surface area is 164 Å². The average Bonchev–Trinajstić information content (AvgIpc) is 3.41. The van der Waals surface area contributed by atoms with Crippen molar-refractivity contribution in [3.8, 4) is 28.4 Å². The molecule has 29 heavy (non-hydrogen) atoms. The van der Waals surface area contributed by atoms with Crippen LogP contribution in [0.25, 0.3) is 28.3 Å². The van der Waals surface area contributed by atoms with Gasteiger partial charge < -0.3 is 9.26 Å². The van der Waals surface area contributed by atoms with Crippen molar-refractivity contribution in [2.24, 2.45) is 0 Å². The zero-order valence-electron chi connectivity index (χ0n) is 15.1. The third kappa shape index (κ3) is 3.55. The number of fused-ring (bicyclic) bond motifs is 1. The summed E-state index contributed by atoms with van der Waals surface area (Å²) in [6, 6.07) is 17.2. The Balaban J connectivity index is 1.36. The SMILES string of the molecule is Fc1ccc(OCc2nc(-c3cccc(-c4cn5ncccc5n4)c3)no2)cc1. The lowest BCUT2D eigenvalue weighted by Crippen LogP contribution is -1.95. The van der Waals surface area contributed by atoms with E-state index in [0.29, 0.717) is 17.5 Å². The van der Waals surface area contributed by atoms with E-state index in [0.717, 1.165) is 22.5 Å². The summed E-state index contributed by atoms with van der Waals surface area (Å²) in [7, 11) is 0. The summed E-state index contributed by atoms with van der Waals surface area (Å²) in [6.45, 7) is 0.0937. The van der Waals surface area contributed by atoms with Crippen molar-refractivity contribution < 1.29 is 13.7 Å². The Kier molecular flexibility index (Phi) is 4.21. The lowest BCUT2D eigenvalue weighted by Gasteiger charge is -2.01. The molecule has 0 bridgehead atoms. The second kappa shape index (κ2) is 7.16. The molecule has 7 nitrogen and oxygen atoms in total. The fraction of sp³-hybridized carbons (Fsp3) is 0.0476. The van der Waals surface area contributed by atoms with Crippen LogP contribution in [0.5, 0.6) is 5.75 Å². The minimum atomic E-state index is -0.321. The highest BCUT2D eigenvalue weighted by Gasteiger charge is 2.12. The van der Waals surface area contributed by atoms with E-state index in [-0.39, 0.29) is 12.4 Å². The maximum atomic E-state index is 13.0. The smallest absolute Gasteiger partial charge is 0.264 e. The van der Waals surface area contributed by atoms with Crippen LogP contribution in [0.15, 0.2) is 77.6 Å². The van der Waals surface area contributed by atoms with Crippen LogP contribution < -0.4 is 4.74 Å². The first kappa shape index (κ1) is 17.1. The maximum absolute atomic E-state index is 13.0. The Bertz CT molecular complexity index is 1250. The van der Waals surface area contributed by atoms with Crippen LogP contribution in [0.3, 0.4) is 0 Å². The molecule has 0 saturated carbocycles. The minimum absolute atomic E-state index is 0.0937. The number of benzene rings is 2. The quantitative estimate of drug-likeness (QED) is 0.451. The minimum Gasteiger partial charge on any atom is -0.484 e. The van der Waals surface area contributed by atoms with Crippen LogP contribution in [0.2, 0.25) is 0 Å². The number of hydrogen-bond acceptors (Lipinski definition) is 6. The van der Waals surface area contributed by atoms with Crippen LogP contribution >= 0.6 is 0 Å². The van der Waals surface area contributed by atoms with Gasteiger partial charge in [-0.15, -0.1) is 0 Å². The number of halogens is 1. The number of imidazole rings is 1. The van der Waals surface area contributed by atoms with Gasteiger partial charge in [0.05, 0.1) is 11.9 Å². The zero-order chi connectivity index (χ0) is 19.6. The fourth-order valence-corrected chi connectivity index (χ4v) is 2.89. The molecule has 3 aromatic heterocycles. The van der Waals surface area contributed by atoms with Gasteiger partial charge in [-0.1, -0.05) is 23.4 Å². The van der Waals surface area contributed by atoms with Crippen LogP contribution in [0.1, 0.15) is 5.89 Å². The third-order valence-electron chi connectivity index (χ3n) is 4.30. The Morgan fingerprint density at radius 1 is 0.966 bits per heavy atom. The van der Waals surface area contributed by atoms with Gasteiger partial charge in [0.2, 0.25) is 5.82 Å². The number of hydrogen-bond donors (Lipinski definition) is 0. The molecule has 0 fully saturated rings. The van der Waals surface area contributed by atoms with Gasteiger partial charge in [-0.2, -0.15) is 10.1 Å². The van der Waals surface area contributed by atoms with Gasteiger partial charge in [0.1, 0.15) is 11.6 Å². The largest absolute Gasteiger partial charge is 0.484 e. The molecule has 3 heterocycles. The van der Waals surface area contributed by atoms with Crippen LogP contribution in [-0.4, -0.2) is 24.7 Å². The first-order chi connectivity index (χ1) is 14.2. The van der Waals surface area contributed by atoms with E-state index in [1.54, 1.807) is 22.8 Å². The van der Waals surface area contributed by atoms with Crippen LogP contribution in [0, 0.1) is 5.82 Å². The molecule has 0 atom stereocenters. The summed E-state index contributed by atoms with van der Waals surface area (Å²) in [5.74, 6) is 0.977. The highest BCUT2D eigenvalue weighted by molar-refractivity contribution is 5.69. The van der Waals surface area contributed by atoms with E-state index in [2.05, 4.69) is 20.2 Å². The summed E-state index contributed by atoms with van der Waals surface area (Å²) in [4.78, 5) is 8.96. The highest BCUT2D eigenvalue weighted by Crippen LogP contribution is 2.24. The first-order valence-electron chi connectivity index (χ1n) is 8.87. The van der Waals surface area contributed by atoms with Gasteiger partial charge >= 0.3 is 0 Å². The molecule has 8 heteroatoms. The Morgan fingerprint density at radius 2 is 1.83 bits per heavy atom. The second-order valence-corrected chi connectivity index (χ2v) is 6.29. The zero-order valence-corrected chi connectivity index (χ0v) is 15.1. The van der Waals surface area contributed by atoms with E-state index in [4.69, 9.17) is 9.26 Å². The molecule has 0 aliphatic heterocycles. The topological polar surface area (TPSA) is 78.3 Å². The first-order valence-corrected chi connectivity index (χ1v) is 8.87. The third-order valence-corrected chi connectivity index (χ3v) is 4.30. The van der Waals surface area contributed by atoms with Crippen molar-refractivity contribution >= 4 is 5.65 Å². The van der Waals surface area contributed by atoms with Crippen molar-refractivity contribution in [1.82, 2.24) is 24.7 Å². The normalized spacial score (nSPS) is 11.1. The molecular formula is C21H14FN5O2.